The summed E-state index contributed by atoms with van der Waals surface area (Å²) in [5.74, 6) is 1.13. The Balaban J connectivity index is 1.34. The first-order chi connectivity index (χ1) is 11.2. The van der Waals surface area contributed by atoms with E-state index in [0.29, 0.717) is 43.2 Å². The molecule has 0 radical (unpaired) electrons. The van der Waals surface area contributed by atoms with Crippen molar-refractivity contribution in [2.45, 2.75) is 19.3 Å². The average Bonchev–Trinajstić information content (AvgIpc) is 3.04. The second-order valence-electron chi connectivity index (χ2n) is 6.79. The average molecular weight is 341 g/mol. The lowest BCUT2D eigenvalue weighted by molar-refractivity contribution is -0.132. The van der Waals surface area contributed by atoms with Crippen molar-refractivity contribution in [3.63, 3.8) is 0 Å². The number of morpholine rings is 1. The number of ether oxygens (including phenoxy) is 1. The molecule has 0 aromatic rings. The Hall–Kier alpha value is -0.790. The first-order valence-electron chi connectivity index (χ1n) is 8.60. The van der Waals surface area contributed by atoms with Crippen LogP contribution in [0.25, 0.3) is 0 Å². The minimum Gasteiger partial charge on any atom is -0.378 e. The fourth-order valence-corrected chi connectivity index (χ4v) is 4.49. The molecule has 0 aromatic carbocycles. The van der Waals surface area contributed by atoms with Crippen LogP contribution in [0.15, 0.2) is 0 Å². The van der Waals surface area contributed by atoms with Gasteiger partial charge in [0.05, 0.1) is 24.7 Å². The molecule has 3 aliphatic heterocycles. The molecular weight excluding hydrogens is 314 g/mol. The van der Waals surface area contributed by atoms with Gasteiger partial charge in [0.15, 0.2) is 0 Å². The number of nitrogens with zero attached hydrogens (tertiary/aromatic N) is 2. The molecule has 23 heavy (non-hydrogen) atoms. The highest BCUT2D eigenvalue weighted by molar-refractivity contribution is 8.00. The van der Waals surface area contributed by atoms with E-state index < -0.39 is 0 Å². The minimum absolute atomic E-state index is 0.126. The number of piperidine rings is 1. The van der Waals surface area contributed by atoms with E-state index in [-0.39, 0.29) is 11.8 Å². The van der Waals surface area contributed by atoms with Crippen molar-refractivity contribution in [2.24, 2.45) is 5.41 Å². The molecule has 0 unspecified atom stereocenters. The molecule has 0 aliphatic carbocycles. The number of nitrogens with one attached hydrogen (secondary N) is 1. The van der Waals surface area contributed by atoms with E-state index >= 15 is 0 Å². The van der Waals surface area contributed by atoms with Gasteiger partial charge in [-0.1, -0.05) is 0 Å². The predicted octanol–water partition coefficient (Wildman–Crippen LogP) is 0.181. The van der Waals surface area contributed by atoms with E-state index in [1.54, 1.807) is 0 Å². The molecule has 3 fully saturated rings. The van der Waals surface area contributed by atoms with E-state index in [4.69, 9.17) is 4.74 Å². The van der Waals surface area contributed by atoms with E-state index in [2.05, 4.69) is 5.32 Å². The smallest absolute Gasteiger partial charge is 0.232 e. The SMILES string of the molecule is O=C(CSCC(=O)N1CCC2(CCNC2)CC1)N1CCOCC1. The Morgan fingerprint density at radius 3 is 2.13 bits per heavy atom. The lowest BCUT2D eigenvalue weighted by atomic mass is 9.78. The number of hydrogen-bond donors (Lipinski definition) is 1. The maximum atomic E-state index is 12.3. The number of carbonyl (C=O) groups is 2. The van der Waals surface area contributed by atoms with Crippen molar-refractivity contribution >= 4 is 23.6 Å². The van der Waals surface area contributed by atoms with Gasteiger partial charge in [-0.25, -0.2) is 0 Å². The third-order valence-electron chi connectivity index (χ3n) is 5.32. The summed E-state index contributed by atoms with van der Waals surface area (Å²) in [5.41, 5.74) is 0.441. The largest absolute Gasteiger partial charge is 0.378 e. The summed E-state index contributed by atoms with van der Waals surface area (Å²) in [5, 5.41) is 3.45. The third kappa shape index (κ3) is 4.39. The van der Waals surface area contributed by atoms with Crippen LogP contribution in [0, 0.1) is 5.41 Å². The monoisotopic (exact) mass is 341 g/mol. The molecular formula is C16H27N3O3S. The number of carbonyl (C=O) groups excluding carboxylic acids is 2. The van der Waals surface area contributed by atoms with Crippen molar-refractivity contribution in [3.05, 3.63) is 0 Å². The van der Waals surface area contributed by atoms with Crippen molar-refractivity contribution in [2.75, 3.05) is 64.0 Å². The predicted molar refractivity (Wildman–Crippen MR) is 90.5 cm³/mol. The first-order valence-corrected chi connectivity index (χ1v) is 9.76. The van der Waals surface area contributed by atoms with Crippen LogP contribution >= 0.6 is 11.8 Å². The highest BCUT2D eigenvalue weighted by atomic mass is 32.2. The van der Waals surface area contributed by atoms with Crippen molar-refractivity contribution in [1.29, 1.82) is 0 Å². The van der Waals surface area contributed by atoms with E-state index in [0.717, 1.165) is 39.0 Å². The Labute approximate surface area is 142 Å². The molecule has 130 valence electrons. The van der Waals surface area contributed by atoms with Crippen LogP contribution in [0.1, 0.15) is 19.3 Å². The molecule has 3 saturated heterocycles. The quantitative estimate of drug-likeness (QED) is 0.790. The minimum atomic E-state index is 0.126. The first kappa shape index (κ1) is 17.0. The second kappa shape index (κ2) is 7.85. The number of thioether (sulfide) groups is 1. The van der Waals surface area contributed by atoms with Gasteiger partial charge in [-0.3, -0.25) is 9.59 Å². The fourth-order valence-electron chi connectivity index (χ4n) is 3.67. The number of hydrogen-bond acceptors (Lipinski definition) is 5. The Morgan fingerprint density at radius 1 is 0.957 bits per heavy atom. The highest BCUT2D eigenvalue weighted by Crippen LogP contribution is 2.36. The van der Waals surface area contributed by atoms with Gasteiger partial charge in [0, 0.05) is 32.7 Å². The lowest BCUT2D eigenvalue weighted by Gasteiger charge is -2.38. The standard InChI is InChI=1S/C16H27N3O3S/c20-14(11-23-12-15(21)19-7-9-22-10-8-19)18-5-2-16(3-6-18)1-4-17-13-16/h17H,1-13H2. The maximum Gasteiger partial charge on any atom is 0.232 e. The van der Waals surface area contributed by atoms with Gasteiger partial charge >= 0.3 is 0 Å². The van der Waals surface area contributed by atoms with Gasteiger partial charge in [-0.05, 0) is 31.2 Å². The second-order valence-corrected chi connectivity index (χ2v) is 7.78. The van der Waals surface area contributed by atoms with Crippen LogP contribution < -0.4 is 5.32 Å². The van der Waals surface area contributed by atoms with Gasteiger partial charge < -0.3 is 19.9 Å². The number of likely N-dealkylation sites (tertiary alicyclic amines) is 1. The van der Waals surface area contributed by atoms with Crippen molar-refractivity contribution in [1.82, 2.24) is 15.1 Å². The van der Waals surface area contributed by atoms with Gasteiger partial charge in [0.25, 0.3) is 0 Å². The number of amides is 2. The summed E-state index contributed by atoms with van der Waals surface area (Å²) in [6.07, 6.45) is 3.48. The Bertz CT molecular complexity index is 424. The molecule has 1 N–H and O–H groups in total. The summed E-state index contributed by atoms with van der Waals surface area (Å²) in [6, 6.07) is 0. The van der Waals surface area contributed by atoms with Crippen LogP contribution in [0.2, 0.25) is 0 Å². The normalized spacial score (nSPS) is 24.2. The zero-order chi connectivity index (χ0) is 16.1. The molecule has 3 heterocycles. The highest BCUT2D eigenvalue weighted by Gasteiger charge is 2.37. The topological polar surface area (TPSA) is 61.9 Å². The summed E-state index contributed by atoms with van der Waals surface area (Å²) >= 11 is 1.44. The molecule has 0 aromatic heterocycles. The van der Waals surface area contributed by atoms with Gasteiger partial charge in [-0.2, -0.15) is 0 Å². The number of rotatable bonds is 4. The zero-order valence-electron chi connectivity index (χ0n) is 13.7. The van der Waals surface area contributed by atoms with E-state index in [1.807, 2.05) is 9.80 Å². The molecule has 0 bridgehead atoms. The van der Waals surface area contributed by atoms with Crippen LogP contribution in [-0.2, 0) is 14.3 Å². The maximum absolute atomic E-state index is 12.3. The molecule has 6 nitrogen and oxygen atoms in total. The summed E-state index contributed by atoms with van der Waals surface area (Å²) in [4.78, 5) is 28.2. The summed E-state index contributed by atoms with van der Waals surface area (Å²) < 4.78 is 5.25. The van der Waals surface area contributed by atoms with Crippen molar-refractivity contribution in [3.8, 4) is 0 Å². The van der Waals surface area contributed by atoms with Crippen LogP contribution in [0.3, 0.4) is 0 Å². The molecule has 2 amide bonds. The molecule has 1 spiro atoms. The van der Waals surface area contributed by atoms with Gasteiger partial charge in [-0.15, -0.1) is 11.8 Å². The fraction of sp³-hybridized carbons (Fsp3) is 0.875. The summed E-state index contributed by atoms with van der Waals surface area (Å²) in [7, 11) is 0. The Kier molecular flexibility index (Phi) is 5.82. The molecule has 3 aliphatic rings. The third-order valence-corrected chi connectivity index (χ3v) is 6.23. The van der Waals surface area contributed by atoms with Gasteiger partial charge in [0.2, 0.25) is 11.8 Å². The van der Waals surface area contributed by atoms with Crippen LogP contribution in [-0.4, -0.2) is 85.6 Å². The molecule has 0 saturated carbocycles. The van der Waals surface area contributed by atoms with Gasteiger partial charge in [0.1, 0.15) is 0 Å². The molecule has 3 rings (SSSR count). The van der Waals surface area contributed by atoms with E-state index in [9.17, 15) is 9.59 Å². The van der Waals surface area contributed by atoms with Crippen molar-refractivity contribution < 1.29 is 14.3 Å². The lowest BCUT2D eigenvalue weighted by Crippen LogP contribution is -2.45. The Morgan fingerprint density at radius 2 is 1.57 bits per heavy atom. The molecule has 7 heteroatoms. The zero-order valence-corrected chi connectivity index (χ0v) is 14.5. The van der Waals surface area contributed by atoms with Crippen LogP contribution in [0.5, 0.6) is 0 Å². The summed E-state index contributed by atoms with van der Waals surface area (Å²) in [6.45, 7) is 6.58. The van der Waals surface area contributed by atoms with Crippen LogP contribution in [0.4, 0.5) is 0 Å². The molecule has 0 atom stereocenters. The van der Waals surface area contributed by atoms with E-state index in [1.165, 1.54) is 18.2 Å².